The number of nitrogens with two attached hydrogens (primary N) is 1. The normalized spacial score (nSPS) is 14.7. The van der Waals surface area contributed by atoms with Gasteiger partial charge in [-0.3, -0.25) is 4.79 Å². The van der Waals surface area contributed by atoms with Crippen LogP contribution in [-0.2, 0) is 13.0 Å². The van der Waals surface area contributed by atoms with Crippen molar-refractivity contribution >= 4 is 23.2 Å². The number of carbonyl (C=O) groups excluding carboxylic acids is 1. The molecule has 3 rings (SSSR count). The molecule has 0 aromatic heterocycles. The van der Waals surface area contributed by atoms with Gasteiger partial charge in [0.05, 0.1) is 0 Å². The van der Waals surface area contributed by atoms with Gasteiger partial charge in [-0.25, -0.2) is 0 Å². The summed E-state index contributed by atoms with van der Waals surface area (Å²) in [6.07, 6.45) is 1.89. The van der Waals surface area contributed by atoms with Gasteiger partial charge in [0.2, 0.25) is 0 Å². The molecule has 1 aliphatic rings. The van der Waals surface area contributed by atoms with E-state index in [0.29, 0.717) is 17.3 Å². The number of nitrogen functional groups attached to an aromatic ring is 1. The Labute approximate surface area is 129 Å². The number of halogens is 1. The lowest BCUT2D eigenvalue weighted by Crippen LogP contribution is -2.30. The second kappa shape index (κ2) is 5.78. The van der Waals surface area contributed by atoms with E-state index in [1.165, 1.54) is 0 Å². The number of nitrogens with zero attached hydrogens (tertiary/aromatic N) is 1. The van der Waals surface area contributed by atoms with Crippen LogP contribution in [0.25, 0.3) is 0 Å². The van der Waals surface area contributed by atoms with E-state index in [0.717, 1.165) is 36.1 Å². The van der Waals surface area contributed by atoms with Crippen LogP contribution in [0.5, 0.6) is 0 Å². The van der Waals surface area contributed by atoms with Crippen LogP contribution in [0.2, 0.25) is 5.02 Å². The summed E-state index contributed by atoms with van der Waals surface area (Å²) in [5, 5.41) is 0.648. The fourth-order valence-corrected chi connectivity index (χ4v) is 2.93. The molecule has 0 saturated heterocycles. The summed E-state index contributed by atoms with van der Waals surface area (Å²) in [6.45, 7) is 1.23. The predicted octanol–water partition coefficient (Wildman–Crippen LogP) is 3.51. The Hall–Kier alpha value is -2.00. The first-order chi connectivity index (χ1) is 10.1. The predicted molar refractivity (Wildman–Crippen MR) is 85.4 cm³/mol. The molecular formula is C17H17ClN2O. The number of fused-ring (bicyclic) bond motifs is 1. The van der Waals surface area contributed by atoms with E-state index >= 15 is 0 Å². The van der Waals surface area contributed by atoms with Crippen LogP contribution in [0.1, 0.15) is 27.9 Å². The Morgan fingerprint density at radius 3 is 2.86 bits per heavy atom. The van der Waals surface area contributed by atoms with Crippen molar-refractivity contribution in [2.24, 2.45) is 0 Å². The van der Waals surface area contributed by atoms with Crippen LogP contribution < -0.4 is 5.73 Å². The molecule has 2 aromatic rings. The van der Waals surface area contributed by atoms with Crippen LogP contribution in [0, 0.1) is 0 Å². The van der Waals surface area contributed by atoms with Crippen molar-refractivity contribution in [3.63, 3.8) is 0 Å². The third-order valence-corrected chi connectivity index (χ3v) is 4.21. The van der Waals surface area contributed by atoms with E-state index in [1.54, 1.807) is 12.1 Å². The van der Waals surface area contributed by atoms with Gasteiger partial charge >= 0.3 is 0 Å². The van der Waals surface area contributed by atoms with Crippen molar-refractivity contribution in [1.29, 1.82) is 0 Å². The number of amides is 1. The van der Waals surface area contributed by atoms with Crippen molar-refractivity contribution < 1.29 is 4.79 Å². The molecular weight excluding hydrogens is 284 g/mol. The molecule has 3 nitrogen and oxygen atoms in total. The molecule has 0 atom stereocenters. The molecule has 21 heavy (non-hydrogen) atoms. The minimum atomic E-state index is 0.0709. The number of carbonyl (C=O) groups is 1. The highest BCUT2D eigenvalue weighted by molar-refractivity contribution is 6.31. The van der Waals surface area contributed by atoms with Crippen molar-refractivity contribution in [2.75, 3.05) is 12.3 Å². The van der Waals surface area contributed by atoms with Gasteiger partial charge in [0, 0.05) is 29.4 Å². The monoisotopic (exact) mass is 300 g/mol. The molecule has 0 fully saturated rings. The van der Waals surface area contributed by atoms with Crippen LogP contribution in [0.4, 0.5) is 5.69 Å². The second-order valence-corrected chi connectivity index (χ2v) is 5.75. The fourth-order valence-electron chi connectivity index (χ4n) is 2.75. The van der Waals surface area contributed by atoms with Crippen molar-refractivity contribution in [1.82, 2.24) is 4.90 Å². The smallest absolute Gasteiger partial charge is 0.254 e. The van der Waals surface area contributed by atoms with Crippen LogP contribution in [-0.4, -0.2) is 17.4 Å². The van der Waals surface area contributed by atoms with E-state index in [9.17, 15) is 4.79 Å². The van der Waals surface area contributed by atoms with Gasteiger partial charge < -0.3 is 10.6 Å². The van der Waals surface area contributed by atoms with Crippen molar-refractivity contribution in [2.45, 2.75) is 19.4 Å². The maximum absolute atomic E-state index is 12.7. The summed E-state index contributed by atoms with van der Waals surface area (Å²) in [5.41, 5.74) is 9.30. The maximum atomic E-state index is 12.7. The van der Waals surface area contributed by atoms with Gasteiger partial charge in [-0.05, 0) is 48.2 Å². The highest BCUT2D eigenvalue weighted by atomic mass is 35.5. The SMILES string of the molecule is Nc1ccc(Cl)c(CN2CCCc3ccccc3C2=O)c1. The molecule has 0 bridgehead atoms. The van der Waals surface area contributed by atoms with E-state index in [-0.39, 0.29) is 5.91 Å². The molecule has 4 heteroatoms. The van der Waals surface area contributed by atoms with E-state index < -0.39 is 0 Å². The second-order valence-electron chi connectivity index (χ2n) is 5.34. The molecule has 108 valence electrons. The summed E-state index contributed by atoms with van der Waals surface area (Å²) in [5.74, 6) is 0.0709. The Kier molecular flexibility index (Phi) is 3.84. The lowest BCUT2D eigenvalue weighted by atomic mass is 10.0. The summed E-state index contributed by atoms with van der Waals surface area (Å²) >= 11 is 6.21. The van der Waals surface area contributed by atoms with Crippen molar-refractivity contribution in [3.8, 4) is 0 Å². The molecule has 2 aromatic carbocycles. The lowest BCUT2D eigenvalue weighted by molar-refractivity contribution is 0.0749. The highest BCUT2D eigenvalue weighted by Gasteiger charge is 2.22. The Balaban J connectivity index is 1.89. The molecule has 1 amide bonds. The van der Waals surface area contributed by atoms with Crippen LogP contribution in [0.15, 0.2) is 42.5 Å². The minimum Gasteiger partial charge on any atom is -0.399 e. The van der Waals surface area contributed by atoms with Crippen molar-refractivity contribution in [3.05, 3.63) is 64.2 Å². The van der Waals surface area contributed by atoms with Gasteiger partial charge in [-0.1, -0.05) is 29.8 Å². The number of aryl methyl sites for hydroxylation is 1. The number of hydrogen-bond donors (Lipinski definition) is 1. The maximum Gasteiger partial charge on any atom is 0.254 e. The van der Waals surface area contributed by atoms with E-state index in [4.69, 9.17) is 17.3 Å². The zero-order chi connectivity index (χ0) is 14.8. The molecule has 0 saturated carbocycles. The fraction of sp³-hybridized carbons (Fsp3) is 0.235. The molecule has 1 heterocycles. The van der Waals surface area contributed by atoms with Gasteiger partial charge in [0.1, 0.15) is 0 Å². The average molecular weight is 301 g/mol. The highest BCUT2D eigenvalue weighted by Crippen LogP contribution is 2.24. The summed E-state index contributed by atoms with van der Waals surface area (Å²) in [6, 6.07) is 13.2. The summed E-state index contributed by atoms with van der Waals surface area (Å²) in [4.78, 5) is 14.5. The van der Waals surface area contributed by atoms with Crippen LogP contribution >= 0.6 is 11.6 Å². The molecule has 0 spiro atoms. The third-order valence-electron chi connectivity index (χ3n) is 3.84. The number of rotatable bonds is 2. The quantitative estimate of drug-likeness (QED) is 0.863. The van der Waals surface area contributed by atoms with Gasteiger partial charge in [-0.2, -0.15) is 0 Å². The third kappa shape index (κ3) is 2.88. The van der Waals surface area contributed by atoms with Gasteiger partial charge in [-0.15, -0.1) is 0 Å². The largest absolute Gasteiger partial charge is 0.399 e. The summed E-state index contributed by atoms with van der Waals surface area (Å²) < 4.78 is 0. The van der Waals surface area contributed by atoms with E-state index in [2.05, 4.69) is 0 Å². The Morgan fingerprint density at radius 1 is 1.19 bits per heavy atom. The average Bonchev–Trinajstić information content (AvgIpc) is 2.64. The molecule has 0 unspecified atom stereocenters. The molecule has 1 aliphatic heterocycles. The first-order valence-corrected chi connectivity index (χ1v) is 7.44. The van der Waals surface area contributed by atoms with Gasteiger partial charge in [0.15, 0.2) is 0 Å². The summed E-state index contributed by atoms with van der Waals surface area (Å²) in [7, 11) is 0. The molecule has 0 radical (unpaired) electrons. The zero-order valence-electron chi connectivity index (χ0n) is 11.7. The zero-order valence-corrected chi connectivity index (χ0v) is 12.4. The first-order valence-electron chi connectivity index (χ1n) is 7.06. The van der Waals surface area contributed by atoms with Crippen LogP contribution in [0.3, 0.4) is 0 Å². The molecule has 0 aliphatic carbocycles. The minimum absolute atomic E-state index is 0.0709. The first kappa shape index (κ1) is 14.0. The lowest BCUT2D eigenvalue weighted by Gasteiger charge is -2.22. The number of benzene rings is 2. The topological polar surface area (TPSA) is 46.3 Å². The standard InChI is InChI=1S/C17H17ClN2O/c18-16-8-7-14(19)10-13(16)11-20-9-3-5-12-4-1-2-6-15(12)17(20)21/h1-2,4,6-8,10H,3,5,9,11,19H2. The Bertz CT molecular complexity index is 684. The van der Waals surface area contributed by atoms with Gasteiger partial charge in [0.25, 0.3) is 5.91 Å². The van der Waals surface area contributed by atoms with E-state index in [1.807, 2.05) is 35.2 Å². The Morgan fingerprint density at radius 2 is 2.00 bits per heavy atom. The molecule has 2 N–H and O–H groups in total. The number of anilines is 1. The number of hydrogen-bond acceptors (Lipinski definition) is 2.